The van der Waals surface area contributed by atoms with E-state index in [9.17, 15) is 4.79 Å². The lowest BCUT2D eigenvalue weighted by molar-refractivity contribution is 0.0964. The van der Waals surface area contributed by atoms with Gasteiger partial charge in [-0.1, -0.05) is 0 Å². The topological polar surface area (TPSA) is 73.4 Å². The Balaban J connectivity index is 2.74. The van der Waals surface area contributed by atoms with Crippen LogP contribution in [0.3, 0.4) is 0 Å². The third kappa shape index (κ3) is 4.94. The van der Waals surface area contributed by atoms with Crippen LogP contribution in [0, 0.1) is 0 Å². The van der Waals surface area contributed by atoms with Gasteiger partial charge in [-0.3, -0.25) is 9.48 Å². The molecule has 0 radical (unpaired) electrons. The number of ketones is 1. The Morgan fingerprint density at radius 3 is 2.80 bits per heavy atom. The monoisotopic (exact) mass is 282 g/mol. The van der Waals surface area contributed by atoms with E-state index < -0.39 is 0 Å². The second-order valence-electron chi connectivity index (χ2n) is 5.38. The summed E-state index contributed by atoms with van der Waals surface area (Å²) in [6.45, 7) is 3.45. The molecule has 2 N–H and O–H groups in total. The Kier molecular flexibility index (Phi) is 6.67. The van der Waals surface area contributed by atoms with Gasteiger partial charge >= 0.3 is 0 Å². The van der Waals surface area contributed by atoms with E-state index in [0.717, 1.165) is 19.4 Å². The number of aromatic nitrogens is 2. The van der Waals surface area contributed by atoms with E-state index >= 15 is 0 Å². The maximum Gasteiger partial charge on any atom is 0.184 e. The molecular weight excluding hydrogens is 256 g/mol. The van der Waals surface area contributed by atoms with Gasteiger partial charge in [-0.15, -0.1) is 0 Å². The van der Waals surface area contributed by atoms with Gasteiger partial charge in [0.2, 0.25) is 0 Å². The van der Waals surface area contributed by atoms with E-state index in [0.29, 0.717) is 24.4 Å². The minimum atomic E-state index is 0.0683. The van der Waals surface area contributed by atoms with Gasteiger partial charge in [-0.05, 0) is 33.9 Å². The predicted octanol–water partition coefficient (Wildman–Crippen LogP) is 1.15. The zero-order chi connectivity index (χ0) is 15.1. The molecular formula is C14H26N4O2. The van der Waals surface area contributed by atoms with Gasteiger partial charge in [0.25, 0.3) is 0 Å². The van der Waals surface area contributed by atoms with Crippen molar-refractivity contribution in [3.63, 3.8) is 0 Å². The average Bonchev–Trinajstić information content (AvgIpc) is 2.78. The lowest BCUT2D eigenvalue weighted by atomic mass is 10.1. The number of methoxy groups -OCH3 is 1. The Hall–Kier alpha value is -1.40. The van der Waals surface area contributed by atoms with Crippen molar-refractivity contribution in [2.45, 2.75) is 38.8 Å². The zero-order valence-electron chi connectivity index (χ0n) is 12.9. The van der Waals surface area contributed by atoms with Crippen molar-refractivity contribution in [3.05, 3.63) is 11.9 Å². The van der Waals surface area contributed by atoms with Gasteiger partial charge < -0.3 is 15.4 Å². The van der Waals surface area contributed by atoms with Crippen LogP contribution in [0.5, 0.6) is 5.75 Å². The third-order valence-electron chi connectivity index (χ3n) is 3.11. The standard InChI is InChI=1S/C14H26N4O2/c1-11(15)6-5-7-12(19)14-13(20-4)10-16-18(14)9-8-17(2)3/h10-11H,5-9,15H2,1-4H3. The van der Waals surface area contributed by atoms with Gasteiger partial charge in [0.05, 0.1) is 19.9 Å². The molecule has 114 valence electrons. The lowest BCUT2D eigenvalue weighted by Gasteiger charge is -2.12. The van der Waals surface area contributed by atoms with Crippen molar-refractivity contribution in [3.8, 4) is 5.75 Å². The van der Waals surface area contributed by atoms with Gasteiger partial charge in [0, 0.05) is 19.0 Å². The normalized spacial score (nSPS) is 12.7. The summed E-state index contributed by atoms with van der Waals surface area (Å²) in [6.07, 6.45) is 3.72. The number of rotatable bonds is 9. The fraction of sp³-hybridized carbons (Fsp3) is 0.714. The maximum absolute atomic E-state index is 12.3. The molecule has 0 bridgehead atoms. The van der Waals surface area contributed by atoms with Crippen molar-refractivity contribution in [1.82, 2.24) is 14.7 Å². The van der Waals surface area contributed by atoms with Crippen molar-refractivity contribution < 1.29 is 9.53 Å². The summed E-state index contributed by atoms with van der Waals surface area (Å²) in [7, 11) is 5.54. The first-order valence-corrected chi connectivity index (χ1v) is 6.99. The first-order valence-electron chi connectivity index (χ1n) is 6.99. The molecule has 0 aliphatic heterocycles. The summed E-state index contributed by atoms with van der Waals surface area (Å²) in [5.41, 5.74) is 6.27. The van der Waals surface area contributed by atoms with Crippen LogP contribution >= 0.6 is 0 Å². The van der Waals surface area contributed by atoms with E-state index in [1.54, 1.807) is 18.0 Å². The summed E-state index contributed by atoms with van der Waals surface area (Å²) in [4.78, 5) is 14.4. The second kappa shape index (κ2) is 8.01. The first-order chi connectivity index (χ1) is 9.45. The maximum atomic E-state index is 12.3. The molecule has 0 spiro atoms. The molecule has 0 amide bonds. The molecule has 1 aromatic heterocycles. The zero-order valence-corrected chi connectivity index (χ0v) is 12.9. The SMILES string of the molecule is COc1cnn(CCN(C)C)c1C(=O)CCCC(C)N. The molecule has 1 aromatic rings. The molecule has 1 rings (SSSR count). The van der Waals surface area contributed by atoms with Crippen LogP contribution in [-0.4, -0.2) is 54.3 Å². The van der Waals surface area contributed by atoms with E-state index in [-0.39, 0.29) is 11.8 Å². The molecule has 1 unspecified atom stereocenters. The van der Waals surface area contributed by atoms with Gasteiger partial charge in [0.15, 0.2) is 11.5 Å². The van der Waals surface area contributed by atoms with Crippen molar-refractivity contribution >= 4 is 5.78 Å². The lowest BCUT2D eigenvalue weighted by Crippen LogP contribution is -2.22. The number of likely N-dealkylation sites (N-methyl/N-ethyl adjacent to an activating group) is 1. The van der Waals surface area contributed by atoms with Crippen LogP contribution < -0.4 is 10.5 Å². The summed E-state index contributed by atoms with van der Waals surface area (Å²) < 4.78 is 6.97. The number of ether oxygens (including phenoxy) is 1. The molecule has 1 atom stereocenters. The number of nitrogens with zero attached hydrogens (tertiary/aromatic N) is 3. The smallest absolute Gasteiger partial charge is 0.184 e. The minimum absolute atomic E-state index is 0.0683. The molecule has 1 heterocycles. The molecule has 0 aliphatic rings. The second-order valence-corrected chi connectivity index (χ2v) is 5.38. The minimum Gasteiger partial charge on any atom is -0.493 e. The summed E-state index contributed by atoms with van der Waals surface area (Å²) in [5.74, 6) is 0.619. The Labute approximate surface area is 120 Å². The molecule has 0 aromatic carbocycles. The molecule has 0 aliphatic carbocycles. The molecule has 0 fully saturated rings. The molecule has 20 heavy (non-hydrogen) atoms. The Morgan fingerprint density at radius 1 is 1.55 bits per heavy atom. The number of hydrogen-bond donors (Lipinski definition) is 1. The number of nitrogens with two attached hydrogens (primary N) is 1. The van der Waals surface area contributed by atoms with Crippen LogP contribution in [0.25, 0.3) is 0 Å². The number of hydrogen-bond acceptors (Lipinski definition) is 5. The van der Waals surface area contributed by atoms with Crippen LogP contribution in [0.1, 0.15) is 36.7 Å². The highest BCUT2D eigenvalue weighted by atomic mass is 16.5. The van der Waals surface area contributed by atoms with Crippen LogP contribution in [0.2, 0.25) is 0 Å². The van der Waals surface area contributed by atoms with Crippen LogP contribution in [0.4, 0.5) is 0 Å². The summed E-state index contributed by atoms with van der Waals surface area (Å²) in [5, 5.41) is 4.24. The van der Waals surface area contributed by atoms with Crippen molar-refractivity contribution in [2.24, 2.45) is 5.73 Å². The highest BCUT2D eigenvalue weighted by Crippen LogP contribution is 2.20. The highest BCUT2D eigenvalue weighted by molar-refractivity contribution is 5.96. The fourth-order valence-corrected chi connectivity index (χ4v) is 1.97. The third-order valence-corrected chi connectivity index (χ3v) is 3.11. The van der Waals surface area contributed by atoms with E-state index in [4.69, 9.17) is 10.5 Å². The van der Waals surface area contributed by atoms with Gasteiger partial charge in [0.1, 0.15) is 5.69 Å². The van der Waals surface area contributed by atoms with E-state index in [1.165, 1.54) is 0 Å². The largest absolute Gasteiger partial charge is 0.493 e. The van der Waals surface area contributed by atoms with E-state index in [1.807, 2.05) is 21.0 Å². The molecule has 0 saturated carbocycles. The number of Topliss-reactive ketones (excluding diaryl/α,β-unsaturated/α-hetero) is 1. The quantitative estimate of drug-likeness (QED) is 0.688. The van der Waals surface area contributed by atoms with Crippen LogP contribution in [-0.2, 0) is 6.54 Å². The number of carbonyl (C=O) groups is 1. The van der Waals surface area contributed by atoms with Gasteiger partial charge in [-0.2, -0.15) is 5.10 Å². The fourth-order valence-electron chi connectivity index (χ4n) is 1.97. The first kappa shape index (κ1) is 16.7. The Bertz CT molecular complexity index is 427. The summed E-state index contributed by atoms with van der Waals surface area (Å²) in [6, 6.07) is 0.128. The molecule has 0 saturated heterocycles. The highest BCUT2D eigenvalue weighted by Gasteiger charge is 2.19. The summed E-state index contributed by atoms with van der Waals surface area (Å²) >= 11 is 0. The Morgan fingerprint density at radius 2 is 2.25 bits per heavy atom. The van der Waals surface area contributed by atoms with Crippen LogP contribution in [0.15, 0.2) is 6.20 Å². The molecule has 6 heteroatoms. The average molecular weight is 282 g/mol. The van der Waals surface area contributed by atoms with E-state index in [2.05, 4.69) is 10.00 Å². The predicted molar refractivity (Wildman–Crippen MR) is 79.2 cm³/mol. The van der Waals surface area contributed by atoms with Crippen molar-refractivity contribution in [1.29, 1.82) is 0 Å². The van der Waals surface area contributed by atoms with Crippen molar-refractivity contribution in [2.75, 3.05) is 27.7 Å². The van der Waals surface area contributed by atoms with Gasteiger partial charge in [-0.25, -0.2) is 0 Å². The number of carbonyl (C=O) groups excluding carboxylic acids is 1. The molecule has 6 nitrogen and oxygen atoms in total.